The van der Waals surface area contributed by atoms with Crippen molar-refractivity contribution in [1.29, 1.82) is 0 Å². The fourth-order valence-corrected chi connectivity index (χ4v) is 1.82. The maximum absolute atomic E-state index is 11.7. The molecule has 0 bridgehead atoms. The van der Waals surface area contributed by atoms with E-state index in [-0.39, 0.29) is 11.7 Å². The molecule has 1 atom stereocenters. The molecular formula is C12H18N2O3. The van der Waals surface area contributed by atoms with Gasteiger partial charge in [0.15, 0.2) is 11.4 Å². The van der Waals surface area contributed by atoms with E-state index in [1.54, 1.807) is 11.5 Å². The summed E-state index contributed by atoms with van der Waals surface area (Å²) in [6.07, 6.45) is 0.799. The molecule has 1 heterocycles. The van der Waals surface area contributed by atoms with Crippen LogP contribution in [0.2, 0.25) is 0 Å². The van der Waals surface area contributed by atoms with E-state index in [0.29, 0.717) is 5.69 Å². The van der Waals surface area contributed by atoms with Gasteiger partial charge in [-0.2, -0.15) is 0 Å². The number of nitrogens with one attached hydrogen (secondary N) is 1. The van der Waals surface area contributed by atoms with Gasteiger partial charge in [0.05, 0.1) is 0 Å². The number of hydrogen-bond donors (Lipinski definition) is 2. The molecule has 5 nitrogen and oxygen atoms in total. The van der Waals surface area contributed by atoms with Gasteiger partial charge in [-0.1, -0.05) is 6.92 Å². The topological polar surface area (TPSA) is 71.3 Å². The summed E-state index contributed by atoms with van der Waals surface area (Å²) in [7, 11) is 1.47. The zero-order valence-electron chi connectivity index (χ0n) is 10.6. The zero-order chi connectivity index (χ0) is 13.2. The molecule has 1 amide bonds. The quantitative estimate of drug-likeness (QED) is 0.831. The third-order valence-corrected chi connectivity index (χ3v) is 2.89. The molecule has 1 rings (SSSR count). The first-order chi connectivity index (χ1) is 7.93. The first-order valence-electron chi connectivity index (χ1n) is 5.61. The number of carbonyl (C=O) groups excluding carboxylic acids is 1. The smallest absolute Gasteiger partial charge is 0.271 e. The van der Waals surface area contributed by atoms with Crippen molar-refractivity contribution in [2.75, 3.05) is 7.05 Å². The number of hydrogen-bond acceptors (Lipinski definition) is 3. The largest absolute Gasteiger partial charge is 0.503 e. The van der Waals surface area contributed by atoms with Crippen LogP contribution in [-0.2, 0) is 0 Å². The molecule has 0 aliphatic heterocycles. The van der Waals surface area contributed by atoms with Gasteiger partial charge in [-0.25, -0.2) is 0 Å². The van der Waals surface area contributed by atoms with E-state index < -0.39 is 17.1 Å². The SMILES string of the molecule is CCC(C)n1c(C)cc(=O)c(O)c1C(=O)NC. The maximum atomic E-state index is 11.7. The fraction of sp³-hybridized carbons (Fsp3) is 0.500. The third kappa shape index (κ3) is 2.33. The van der Waals surface area contributed by atoms with Crippen molar-refractivity contribution in [3.63, 3.8) is 0 Å². The van der Waals surface area contributed by atoms with E-state index in [1.165, 1.54) is 13.1 Å². The van der Waals surface area contributed by atoms with Crippen LogP contribution in [0.5, 0.6) is 5.75 Å². The number of nitrogens with zero attached hydrogens (tertiary/aromatic N) is 1. The van der Waals surface area contributed by atoms with Crippen molar-refractivity contribution in [3.05, 3.63) is 27.7 Å². The minimum Gasteiger partial charge on any atom is -0.503 e. The van der Waals surface area contributed by atoms with Crippen LogP contribution in [0.15, 0.2) is 10.9 Å². The van der Waals surface area contributed by atoms with Gasteiger partial charge in [0, 0.05) is 24.8 Å². The maximum Gasteiger partial charge on any atom is 0.271 e. The van der Waals surface area contributed by atoms with Gasteiger partial charge in [0.25, 0.3) is 5.91 Å². The summed E-state index contributed by atoms with van der Waals surface area (Å²) in [5.74, 6) is -0.946. The standard InChI is InChI=1S/C12H18N2O3/c1-5-7(2)14-8(3)6-9(15)11(16)10(14)12(17)13-4/h6-7,16H,5H2,1-4H3,(H,13,17). The van der Waals surface area contributed by atoms with Crippen molar-refractivity contribution in [2.45, 2.75) is 33.2 Å². The van der Waals surface area contributed by atoms with Gasteiger partial charge < -0.3 is 15.0 Å². The summed E-state index contributed by atoms with van der Waals surface area (Å²) in [5.41, 5.74) is 0.174. The molecule has 0 radical (unpaired) electrons. The van der Waals surface area contributed by atoms with Gasteiger partial charge in [-0.05, 0) is 20.3 Å². The molecule has 0 aliphatic rings. The molecule has 1 aromatic heterocycles. The summed E-state index contributed by atoms with van der Waals surface area (Å²) >= 11 is 0. The summed E-state index contributed by atoms with van der Waals surface area (Å²) in [6, 6.07) is 1.38. The van der Waals surface area contributed by atoms with Crippen molar-refractivity contribution in [3.8, 4) is 5.75 Å². The Morgan fingerprint density at radius 3 is 2.65 bits per heavy atom. The summed E-state index contributed by atoms with van der Waals surface area (Å²) < 4.78 is 1.69. The van der Waals surface area contributed by atoms with Crippen molar-refractivity contribution in [2.24, 2.45) is 0 Å². The Bertz CT molecular complexity index is 491. The number of amides is 1. The van der Waals surface area contributed by atoms with E-state index in [1.807, 2.05) is 13.8 Å². The lowest BCUT2D eigenvalue weighted by Gasteiger charge is -2.22. The van der Waals surface area contributed by atoms with Crippen LogP contribution in [0.1, 0.15) is 42.5 Å². The lowest BCUT2D eigenvalue weighted by molar-refractivity contribution is 0.0946. The van der Waals surface area contributed by atoms with Crippen LogP contribution in [0, 0.1) is 6.92 Å². The predicted molar refractivity (Wildman–Crippen MR) is 65.5 cm³/mol. The molecule has 1 aromatic rings. The predicted octanol–water partition coefficient (Wildman–Crippen LogP) is 1.19. The second-order valence-corrected chi connectivity index (χ2v) is 4.05. The number of aromatic hydroxyl groups is 1. The number of aromatic nitrogens is 1. The van der Waals surface area contributed by atoms with E-state index in [9.17, 15) is 14.7 Å². The molecule has 0 saturated heterocycles. The van der Waals surface area contributed by atoms with Gasteiger partial charge in [0.1, 0.15) is 0 Å². The highest BCUT2D eigenvalue weighted by molar-refractivity contribution is 5.95. The molecule has 2 N–H and O–H groups in total. The molecule has 0 saturated carbocycles. The normalized spacial score (nSPS) is 12.2. The number of aryl methyl sites for hydroxylation is 1. The second-order valence-electron chi connectivity index (χ2n) is 4.05. The van der Waals surface area contributed by atoms with E-state index in [4.69, 9.17) is 0 Å². The highest BCUT2D eigenvalue weighted by Gasteiger charge is 2.21. The van der Waals surface area contributed by atoms with Crippen LogP contribution in [-0.4, -0.2) is 22.6 Å². The van der Waals surface area contributed by atoms with Gasteiger partial charge >= 0.3 is 0 Å². The van der Waals surface area contributed by atoms with E-state index >= 15 is 0 Å². The zero-order valence-corrected chi connectivity index (χ0v) is 10.6. The molecule has 94 valence electrons. The molecule has 0 aromatic carbocycles. The highest BCUT2D eigenvalue weighted by Crippen LogP contribution is 2.21. The Morgan fingerprint density at radius 1 is 1.59 bits per heavy atom. The number of rotatable bonds is 3. The van der Waals surface area contributed by atoms with Crippen LogP contribution >= 0.6 is 0 Å². The highest BCUT2D eigenvalue weighted by atomic mass is 16.3. The summed E-state index contributed by atoms with van der Waals surface area (Å²) in [5, 5.41) is 12.2. The Morgan fingerprint density at radius 2 is 2.18 bits per heavy atom. The fourth-order valence-electron chi connectivity index (χ4n) is 1.82. The Kier molecular flexibility index (Phi) is 3.93. The second kappa shape index (κ2) is 5.03. The van der Waals surface area contributed by atoms with Crippen molar-refractivity contribution in [1.82, 2.24) is 9.88 Å². The van der Waals surface area contributed by atoms with Crippen LogP contribution in [0.25, 0.3) is 0 Å². The Hall–Kier alpha value is -1.78. The molecule has 0 spiro atoms. The van der Waals surface area contributed by atoms with Gasteiger partial charge in [-0.3, -0.25) is 9.59 Å². The third-order valence-electron chi connectivity index (χ3n) is 2.89. The molecular weight excluding hydrogens is 220 g/mol. The van der Waals surface area contributed by atoms with Crippen LogP contribution in [0.3, 0.4) is 0 Å². The minimum atomic E-state index is -0.527. The number of pyridine rings is 1. The Balaban J connectivity index is 3.61. The lowest BCUT2D eigenvalue weighted by Crippen LogP contribution is -2.28. The first kappa shape index (κ1) is 13.3. The average molecular weight is 238 g/mol. The summed E-state index contributed by atoms with van der Waals surface area (Å²) in [6.45, 7) is 5.66. The number of carbonyl (C=O) groups is 1. The van der Waals surface area contributed by atoms with Crippen molar-refractivity contribution < 1.29 is 9.90 Å². The molecule has 0 fully saturated rings. The minimum absolute atomic E-state index is 0.0341. The summed E-state index contributed by atoms with van der Waals surface area (Å²) in [4.78, 5) is 23.2. The van der Waals surface area contributed by atoms with Gasteiger partial charge in [0.2, 0.25) is 5.43 Å². The first-order valence-corrected chi connectivity index (χ1v) is 5.61. The molecule has 0 aliphatic carbocycles. The van der Waals surface area contributed by atoms with Crippen LogP contribution < -0.4 is 10.7 Å². The van der Waals surface area contributed by atoms with Gasteiger partial charge in [-0.15, -0.1) is 0 Å². The lowest BCUT2D eigenvalue weighted by atomic mass is 10.1. The van der Waals surface area contributed by atoms with Crippen LogP contribution in [0.4, 0.5) is 0 Å². The Labute approximate surface area is 100 Å². The van der Waals surface area contributed by atoms with Crippen molar-refractivity contribution >= 4 is 5.91 Å². The molecule has 1 unspecified atom stereocenters. The monoisotopic (exact) mass is 238 g/mol. The average Bonchev–Trinajstić information content (AvgIpc) is 2.31. The van der Waals surface area contributed by atoms with E-state index in [0.717, 1.165) is 6.42 Å². The van der Waals surface area contributed by atoms with E-state index in [2.05, 4.69) is 5.32 Å². The molecule has 5 heteroatoms. The molecule has 17 heavy (non-hydrogen) atoms.